The summed E-state index contributed by atoms with van der Waals surface area (Å²) in [6.45, 7) is 7.01. The Hall–Kier alpha value is -3.39. The van der Waals surface area contributed by atoms with Gasteiger partial charge in [-0.2, -0.15) is 13.2 Å². The fourth-order valence-electron chi connectivity index (χ4n) is 5.43. The highest BCUT2D eigenvalue weighted by atomic mass is 32.2. The minimum absolute atomic E-state index is 0.0316. The predicted octanol–water partition coefficient (Wildman–Crippen LogP) is 5.16. The molecule has 14 heteroatoms. The van der Waals surface area contributed by atoms with Gasteiger partial charge in [0.05, 0.1) is 22.5 Å². The van der Waals surface area contributed by atoms with E-state index in [0.29, 0.717) is 24.1 Å². The maximum absolute atomic E-state index is 13.4. The van der Waals surface area contributed by atoms with Gasteiger partial charge in [0, 0.05) is 18.8 Å². The number of benzene rings is 1. The van der Waals surface area contributed by atoms with Crippen molar-refractivity contribution in [1.82, 2.24) is 19.5 Å². The largest absolute Gasteiger partial charge is 0.477 e. The van der Waals surface area contributed by atoms with Gasteiger partial charge in [0.2, 0.25) is 5.88 Å². The molecule has 0 radical (unpaired) electrons. The third kappa shape index (κ3) is 5.98. The zero-order chi connectivity index (χ0) is 29.6. The van der Waals surface area contributed by atoms with Crippen molar-refractivity contribution in [3.8, 4) is 11.7 Å². The lowest BCUT2D eigenvalue weighted by atomic mass is 10.0. The Bertz CT molecular complexity index is 1540. The molecule has 1 aliphatic carbocycles. The number of pyridine rings is 1. The zero-order valence-corrected chi connectivity index (χ0v) is 24.8. The number of carbonyl (C=O) groups excluding carboxylic acids is 1. The van der Waals surface area contributed by atoms with Crippen LogP contribution in [0.3, 0.4) is 0 Å². The summed E-state index contributed by atoms with van der Waals surface area (Å²) in [5.74, 6) is 0.447. The van der Waals surface area contributed by atoms with Crippen molar-refractivity contribution in [1.29, 1.82) is 0 Å². The first-order valence-electron chi connectivity index (χ1n) is 13.4. The van der Waals surface area contributed by atoms with E-state index in [2.05, 4.69) is 34.4 Å². The van der Waals surface area contributed by atoms with Crippen LogP contribution in [0.25, 0.3) is 5.82 Å². The van der Waals surface area contributed by atoms with Crippen LogP contribution in [-0.2, 0) is 10.0 Å². The fourth-order valence-corrected chi connectivity index (χ4v) is 10.0. The maximum atomic E-state index is 13.4. The van der Waals surface area contributed by atoms with Crippen LogP contribution >= 0.6 is 0 Å². The standard InChI is InChI=1S/C27H32F3N5O4SSi/c1-19-17-35(41(2,3)18-19)24-21(25(36)33-40(37,38)20-7-5-4-6-8-20)9-10-22(31-24)34-15-11-23(32-34)39-16-14-26(12-13-26)27(28,29)30/h4-11,15,19H,12-14,16-18H2,1-3H3,(H,33,36)/t19-/m1/s1. The van der Waals surface area contributed by atoms with Crippen molar-refractivity contribution >= 4 is 30.0 Å². The summed E-state index contributed by atoms with van der Waals surface area (Å²) in [5.41, 5.74) is -1.53. The first-order valence-corrected chi connectivity index (χ1v) is 18.0. The molecule has 9 nitrogen and oxygen atoms in total. The van der Waals surface area contributed by atoms with Crippen molar-refractivity contribution in [3.05, 3.63) is 60.3 Å². The molecular weight excluding hydrogens is 575 g/mol. The van der Waals surface area contributed by atoms with Gasteiger partial charge in [-0.1, -0.05) is 38.2 Å². The molecule has 0 spiro atoms. The van der Waals surface area contributed by atoms with Crippen LogP contribution in [0.4, 0.5) is 19.0 Å². The Morgan fingerprint density at radius 1 is 1.15 bits per heavy atom. The van der Waals surface area contributed by atoms with E-state index in [4.69, 9.17) is 9.72 Å². The summed E-state index contributed by atoms with van der Waals surface area (Å²) >= 11 is 0. The van der Waals surface area contributed by atoms with Crippen LogP contribution in [-0.4, -0.2) is 56.7 Å². The van der Waals surface area contributed by atoms with Crippen molar-refractivity contribution in [2.75, 3.05) is 17.7 Å². The lowest BCUT2D eigenvalue weighted by Crippen LogP contribution is -2.45. The molecule has 0 bridgehead atoms. The number of anilines is 1. The molecule has 1 aromatic carbocycles. The van der Waals surface area contributed by atoms with Crippen molar-refractivity contribution in [2.45, 2.75) is 56.4 Å². The second-order valence-corrected chi connectivity index (χ2v) is 17.8. The summed E-state index contributed by atoms with van der Waals surface area (Å²) in [4.78, 5) is 18.1. The summed E-state index contributed by atoms with van der Waals surface area (Å²) in [6.07, 6.45) is -2.57. The number of nitrogens with zero attached hydrogens (tertiary/aromatic N) is 4. The molecule has 1 aliphatic heterocycles. The molecule has 2 aromatic heterocycles. The van der Waals surface area contributed by atoms with Gasteiger partial charge in [-0.05, 0) is 55.5 Å². The lowest BCUT2D eigenvalue weighted by molar-refractivity contribution is -0.190. The topological polar surface area (TPSA) is 106 Å². The first-order chi connectivity index (χ1) is 19.2. The summed E-state index contributed by atoms with van der Waals surface area (Å²) in [5, 5.41) is 4.32. The van der Waals surface area contributed by atoms with Gasteiger partial charge < -0.3 is 9.30 Å². The van der Waals surface area contributed by atoms with E-state index < -0.39 is 35.8 Å². The molecular formula is C27H32F3N5O4SSi. The van der Waals surface area contributed by atoms with Gasteiger partial charge in [0.15, 0.2) is 14.1 Å². The number of hydrogen-bond donors (Lipinski definition) is 1. The molecule has 1 saturated carbocycles. The quantitative estimate of drug-likeness (QED) is 0.335. The van der Waals surface area contributed by atoms with Gasteiger partial charge >= 0.3 is 6.18 Å². The van der Waals surface area contributed by atoms with E-state index >= 15 is 0 Å². The van der Waals surface area contributed by atoms with E-state index in [-0.39, 0.29) is 42.2 Å². The molecule has 220 valence electrons. The number of sulfonamides is 1. The van der Waals surface area contributed by atoms with Crippen molar-refractivity contribution < 1.29 is 31.1 Å². The highest BCUT2D eigenvalue weighted by Gasteiger charge is 2.62. The number of nitrogens with one attached hydrogen (secondary N) is 1. The van der Waals surface area contributed by atoms with E-state index in [1.165, 1.54) is 28.9 Å². The molecule has 0 unspecified atom stereocenters. The number of carbonyl (C=O) groups is 1. The van der Waals surface area contributed by atoms with E-state index in [1.807, 2.05) is 0 Å². The number of amides is 1. The SMILES string of the molecule is C[C@@H]1CN(c2nc(-n3ccc(OCCC4(C(F)(F)F)CC4)n3)ccc2C(=O)NS(=O)(=O)c2ccccc2)[Si](C)(C)C1. The van der Waals surface area contributed by atoms with Crippen LogP contribution in [0.1, 0.15) is 36.5 Å². The van der Waals surface area contributed by atoms with Gasteiger partial charge in [-0.15, -0.1) is 5.10 Å². The number of rotatable bonds is 9. The Morgan fingerprint density at radius 2 is 1.85 bits per heavy atom. The smallest absolute Gasteiger partial charge is 0.394 e. The fraction of sp³-hybridized carbons (Fsp3) is 0.444. The zero-order valence-electron chi connectivity index (χ0n) is 23.0. The first kappa shape index (κ1) is 29.1. The molecule has 3 heterocycles. The number of ether oxygens (including phenoxy) is 1. The highest BCUT2D eigenvalue weighted by Crippen LogP contribution is 2.59. The van der Waals surface area contributed by atoms with Crippen molar-refractivity contribution in [2.24, 2.45) is 11.3 Å². The van der Waals surface area contributed by atoms with E-state index in [1.54, 1.807) is 30.5 Å². The Labute approximate surface area is 237 Å². The van der Waals surface area contributed by atoms with Crippen LogP contribution in [0, 0.1) is 11.3 Å². The van der Waals surface area contributed by atoms with Gasteiger partial charge in [-0.3, -0.25) is 4.79 Å². The van der Waals surface area contributed by atoms with E-state index in [9.17, 15) is 26.4 Å². The summed E-state index contributed by atoms with van der Waals surface area (Å²) in [7, 11) is -6.15. The number of aromatic nitrogens is 3. The normalized spacial score (nSPS) is 19.7. The monoisotopic (exact) mass is 607 g/mol. The molecule has 41 heavy (non-hydrogen) atoms. The number of hydrogen-bond acceptors (Lipinski definition) is 7. The molecule has 1 saturated heterocycles. The molecule has 1 atom stereocenters. The van der Waals surface area contributed by atoms with Crippen LogP contribution in [0.5, 0.6) is 5.88 Å². The average molecular weight is 608 g/mol. The Morgan fingerprint density at radius 3 is 2.46 bits per heavy atom. The lowest BCUT2D eigenvalue weighted by Gasteiger charge is -2.32. The van der Waals surface area contributed by atoms with Gasteiger partial charge in [-0.25, -0.2) is 22.8 Å². The van der Waals surface area contributed by atoms with Crippen LogP contribution in [0.15, 0.2) is 59.6 Å². The molecule has 2 aliphatic rings. The van der Waals surface area contributed by atoms with Crippen molar-refractivity contribution in [3.63, 3.8) is 0 Å². The predicted molar refractivity (Wildman–Crippen MR) is 149 cm³/mol. The molecule has 2 fully saturated rings. The minimum Gasteiger partial charge on any atom is -0.477 e. The Balaban J connectivity index is 1.40. The van der Waals surface area contributed by atoms with E-state index in [0.717, 1.165) is 6.04 Å². The third-order valence-electron chi connectivity index (χ3n) is 7.80. The molecule has 1 amide bonds. The third-order valence-corrected chi connectivity index (χ3v) is 12.7. The molecule has 1 N–H and O–H groups in total. The maximum Gasteiger partial charge on any atom is 0.394 e. The number of alkyl halides is 3. The Kier molecular flexibility index (Phi) is 7.43. The number of halogens is 3. The second-order valence-electron chi connectivity index (χ2n) is 11.5. The molecule has 3 aromatic rings. The summed E-state index contributed by atoms with van der Waals surface area (Å²) in [6, 6.07) is 13.2. The van der Waals surface area contributed by atoms with Crippen LogP contribution < -0.4 is 14.0 Å². The molecule has 5 rings (SSSR count). The second kappa shape index (κ2) is 10.5. The highest BCUT2D eigenvalue weighted by molar-refractivity contribution is 7.90. The van der Waals surface area contributed by atoms with Gasteiger partial charge in [0.1, 0.15) is 5.82 Å². The summed E-state index contributed by atoms with van der Waals surface area (Å²) < 4.78 is 76.6. The minimum atomic E-state index is -4.24. The van der Waals surface area contributed by atoms with Gasteiger partial charge in [0.25, 0.3) is 15.9 Å². The average Bonchev–Trinajstić information content (AvgIpc) is 3.47. The van der Waals surface area contributed by atoms with Crippen LogP contribution in [0.2, 0.25) is 19.1 Å².